The molecular weight excluding hydrogens is 351 g/mol. The van der Waals surface area contributed by atoms with Crippen LogP contribution < -0.4 is 10.2 Å². The summed E-state index contributed by atoms with van der Waals surface area (Å²) in [6.45, 7) is 2.29. The number of amides is 1. The van der Waals surface area contributed by atoms with Crippen molar-refractivity contribution in [1.82, 2.24) is 20.1 Å². The average molecular weight is 368 g/mol. The molecule has 1 fully saturated rings. The molecular formula is C18H17FN6O2. The second-order valence-corrected chi connectivity index (χ2v) is 6.00. The number of piperazine rings is 1. The summed E-state index contributed by atoms with van der Waals surface area (Å²) in [5.41, 5.74) is 0.283. The molecule has 0 unspecified atom stereocenters. The van der Waals surface area contributed by atoms with Gasteiger partial charge in [-0.05, 0) is 24.3 Å². The van der Waals surface area contributed by atoms with Crippen molar-refractivity contribution in [2.24, 2.45) is 0 Å². The van der Waals surface area contributed by atoms with E-state index in [-0.39, 0.29) is 17.5 Å². The van der Waals surface area contributed by atoms with Crippen LogP contribution in [0.1, 0.15) is 10.6 Å². The van der Waals surface area contributed by atoms with Crippen molar-refractivity contribution in [3.05, 3.63) is 60.4 Å². The van der Waals surface area contributed by atoms with E-state index < -0.39 is 5.82 Å². The summed E-state index contributed by atoms with van der Waals surface area (Å²) in [7, 11) is 0. The molecule has 1 aromatic carbocycles. The number of anilines is 3. The summed E-state index contributed by atoms with van der Waals surface area (Å²) in [6.07, 6.45) is 3.04. The number of aromatic nitrogens is 3. The molecule has 138 valence electrons. The van der Waals surface area contributed by atoms with Gasteiger partial charge in [0.25, 0.3) is 5.91 Å². The number of para-hydroxylation sites is 1. The number of halogens is 1. The molecule has 3 heterocycles. The SMILES string of the molecule is O=C(c1ccco1)N1CCN(c2cnnc(Nc3ccccc3F)n2)CC1. The molecule has 4 rings (SSSR count). The predicted molar refractivity (Wildman–Crippen MR) is 96.3 cm³/mol. The van der Waals surface area contributed by atoms with Gasteiger partial charge in [0.05, 0.1) is 18.1 Å². The van der Waals surface area contributed by atoms with Gasteiger partial charge in [-0.2, -0.15) is 10.1 Å². The van der Waals surface area contributed by atoms with Crippen LogP contribution in [0.4, 0.5) is 21.8 Å². The Morgan fingerprint density at radius 1 is 1.11 bits per heavy atom. The van der Waals surface area contributed by atoms with Gasteiger partial charge in [0.15, 0.2) is 11.6 Å². The fourth-order valence-corrected chi connectivity index (χ4v) is 2.88. The fraction of sp³-hybridized carbons (Fsp3) is 0.222. The van der Waals surface area contributed by atoms with Crippen molar-refractivity contribution in [3.8, 4) is 0 Å². The maximum absolute atomic E-state index is 13.8. The lowest BCUT2D eigenvalue weighted by molar-refractivity contribution is 0.0714. The highest BCUT2D eigenvalue weighted by Crippen LogP contribution is 2.19. The highest BCUT2D eigenvalue weighted by molar-refractivity contribution is 5.91. The first-order valence-electron chi connectivity index (χ1n) is 8.50. The van der Waals surface area contributed by atoms with Gasteiger partial charge in [0.1, 0.15) is 5.82 Å². The largest absolute Gasteiger partial charge is 0.459 e. The van der Waals surface area contributed by atoms with Crippen LogP contribution in [0.2, 0.25) is 0 Å². The number of nitrogens with one attached hydrogen (secondary N) is 1. The van der Waals surface area contributed by atoms with Crippen molar-refractivity contribution < 1.29 is 13.6 Å². The number of furan rings is 1. The molecule has 0 saturated carbocycles. The zero-order valence-electron chi connectivity index (χ0n) is 14.4. The third-order valence-electron chi connectivity index (χ3n) is 4.29. The van der Waals surface area contributed by atoms with Gasteiger partial charge < -0.3 is 19.5 Å². The van der Waals surface area contributed by atoms with E-state index in [0.717, 1.165) is 0 Å². The molecule has 1 aliphatic heterocycles. The Balaban J connectivity index is 1.41. The molecule has 0 atom stereocenters. The van der Waals surface area contributed by atoms with E-state index in [0.29, 0.717) is 37.8 Å². The number of nitrogens with zero attached hydrogens (tertiary/aromatic N) is 5. The van der Waals surface area contributed by atoms with Crippen molar-refractivity contribution in [2.45, 2.75) is 0 Å². The van der Waals surface area contributed by atoms with E-state index in [1.165, 1.54) is 12.3 Å². The van der Waals surface area contributed by atoms with Crippen LogP contribution >= 0.6 is 0 Å². The Labute approximate surface area is 154 Å². The molecule has 0 radical (unpaired) electrons. The minimum atomic E-state index is -0.392. The van der Waals surface area contributed by atoms with Gasteiger partial charge in [-0.25, -0.2) is 4.39 Å². The maximum Gasteiger partial charge on any atom is 0.289 e. The minimum absolute atomic E-state index is 0.123. The zero-order valence-corrected chi connectivity index (χ0v) is 14.4. The molecule has 9 heteroatoms. The summed E-state index contributed by atoms with van der Waals surface area (Å²) >= 11 is 0. The summed E-state index contributed by atoms with van der Waals surface area (Å²) in [6, 6.07) is 9.64. The maximum atomic E-state index is 13.8. The predicted octanol–water partition coefficient (Wildman–Crippen LogP) is 2.31. The average Bonchev–Trinajstić information content (AvgIpc) is 3.24. The van der Waals surface area contributed by atoms with Crippen LogP contribution in [0.5, 0.6) is 0 Å². The molecule has 1 saturated heterocycles. The summed E-state index contributed by atoms with van der Waals surface area (Å²) in [5, 5.41) is 10.7. The van der Waals surface area contributed by atoms with Crippen LogP contribution in [-0.2, 0) is 0 Å². The number of benzene rings is 1. The third kappa shape index (κ3) is 3.71. The van der Waals surface area contributed by atoms with Gasteiger partial charge in [-0.1, -0.05) is 12.1 Å². The molecule has 1 amide bonds. The van der Waals surface area contributed by atoms with E-state index in [4.69, 9.17) is 4.42 Å². The lowest BCUT2D eigenvalue weighted by atomic mass is 10.3. The van der Waals surface area contributed by atoms with Crippen LogP contribution in [0, 0.1) is 5.82 Å². The molecule has 8 nitrogen and oxygen atoms in total. The molecule has 3 aromatic rings. The molecule has 0 bridgehead atoms. The Morgan fingerprint density at radius 3 is 2.67 bits per heavy atom. The minimum Gasteiger partial charge on any atom is -0.459 e. The standard InChI is InChI=1S/C18H17FN6O2/c19-13-4-1-2-5-14(13)21-18-22-16(12-20-23-18)24-7-9-25(10-8-24)17(26)15-6-3-11-27-15/h1-6,11-12H,7-10H2,(H,21,22,23). The van der Waals surface area contributed by atoms with Crippen molar-refractivity contribution in [1.29, 1.82) is 0 Å². The first kappa shape index (κ1) is 17.0. The molecule has 27 heavy (non-hydrogen) atoms. The highest BCUT2D eigenvalue weighted by atomic mass is 19.1. The quantitative estimate of drug-likeness (QED) is 0.756. The molecule has 0 spiro atoms. The van der Waals surface area contributed by atoms with Gasteiger partial charge in [-0.15, -0.1) is 5.10 Å². The van der Waals surface area contributed by atoms with Crippen molar-refractivity contribution in [3.63, 3.8) is 0 Å². The highest BCUT2D eigenvalue weighted by Gasteiger charge is 2.24. The van der Waals surface area contributed by atoms with Crippen LogP contribution in [0.15, 0.2) is 53.3 Å². The van der Waals surface area contributed by atoms with Crippen LogP contribution in [-0.4, -0.2) is 52.2 Å². The Kier molecular flexibility index (Phi) is 4.65. The van der Waals surface area contributed by atoms with Crippen molar-refractivity contribution in [2.75, 3.05) is 36.4 Å². The Hall–Kier alpha value is -3.49. The second kappa shape index (κ2) is 7.40. The van der Waals surface area contributed by atoms with Gasteiger partial charge in [0, 0.05) is 26.2 Å². The van der Waals surface area contributed by atoms with Crippen LogP contribution in [0.25, 0.3) is 0 Å². The van der Waals surface area contributed by atoms with E-state index in [1.54, 1.807) is 41.4 Å². The van der Waals surface area contributed by atoms with E-state index in [9.17, 15) is 9.18 Å². The number of hydrogen-bond acceptors (Lipinski definition) is 7. The lowest BCUT2D eigenvalue weighted by Gasteiger charge is -2.34. The zero-order chi connectivity index (χ0) is 18.6. The van der Waals surface area contributed by atoms with Gasteiger partial charge in [-0.3, -0.25) is 4.79 Å². The smallest absolute Gasteiger partial charge is 0.289 e. The fourth-order valence-electron chi connectivity index (χ4n) is 2.88. The molecule has 1 N–H and O–H groups in total. The lowest BCUT2D eigenvalue weighted by Crippen LogP contribution is -2.49. The molecule has 0 aliphatic carbocycles. The Bertz CT molecular complexity index is 925. The van der Waals surface area contributed by atoms with Gasteiger partial charge in [0.2, 0.25) is 5.95 Å². The second-order valence-electron chi connectivity index (χ2n) is 6.00. The van der Waals surface area contributed by atoms with Crippen LogP contribution in [0.3, 0.4) is 0 Å². The number of rotatable bonds is 4. The van der Waals surface area contributed by atoms with E-state index in [1.807, 2.05) is 4.90 Å². The molecule has 2 aromatic heterocycles. The summed E-state index contributed by atoms with van der Waals surface area (Å²) in [4.78, 5) is 20.5. The number of hydrogen-bond donors (Lipinski definition) is 1. The number of carbonyl (C=O) groups excluding carboxylic acids is 1. The van der Waals surface area contributed by atoms with E-state index in [2.05, 4.69) is 20.5 Å². The normalized spacial score (nSPS) is 14.3. The van der Waals surface area contributed by atoms with E-state index >= 15 is 0 Å². The Morgan fingerprint density at radius 2 is 1.93 bits per heavy atom. The third-order valence-corrected chi connectivity index (χ3v) is 4.29. The van der Waals surface area contributed by atoms with Gasteiger partial charge >= 0.3 is 0 Å². The first-order valence-corrected chi connectivity index (χ1v) is 8.50. The first-order chi connectivity index (χ1) is 13.2. The van der Waals surface area contributed by atoms with Crippen molar-refractivity contribution >= 4 is 23.4 Å². The summed E-state index contributed by atoms with van der Waals surface area (Å²) < 4.78 is 18.9. The number of carbonyl (C=O) groups is 1. The monoisotopic (exact) mass is 368 g/mol. The molecule has 1 aliphatic rings. The topological polar surface area (TPSA) is 87.4 Å². The summed E-state index contributed by atoms with van der Waals surface area (Å²) in [5.74, 6) is 0.656.